The van der Waals surface area contributed by atoms with Crippen molar-refractivity contribution >= 4 is 26.1 Å². The number of amides is 1. The Balaban J connectivity index is 2.03. The van der Waals surface area contributed by atoms with Crippen LogP contribution < -0.4 is 0 Å². The van der Waals surface area contributed by atoms with Crippen molar-refractivity contribution in [1.82, 2.24) is 4.90 Å². The Hall–Kier alpha value is -2.46. The van der Waals surface area contributed by atoms with E-state index in [2.05, 4.69) is 33.9 Å². The minimum atomic E-state index is -2.02. The van der Waals surface area contributed by atoms with Gasteiger partial charge in [-0.05, 0) is 42.2 Å². The van der Waals surface area contributed by atoms with Gasteiger partial charge in [0.05, 0.1) is 17.6 Å². The summed E-state index contributed by atoms with van der Waals surface area (Å²) in [7, 11) is -2.02. The van der Waals surface area contributed by atoms with E-state index in [9.17, 15) is 19.7 Å². The van der Waals surface area contributed by atoms with E-state index in [1.807, 2.05) is 0 Å². The summed E-state index contributed by atoms with van der Waals surface area (Å²) < 4.78 is 17.1. The number of hydrogen-bond acceptors (Lipinski definition) is 7. The zero-order valence-corrected chi connectivity index (χ0v) is 20.8. The molecule has 1 aliphatic rings. The molecule has 10 heteroatoms. The fourth-order valence-electron chi connectivity index (χ4n) is 3.33. The van der Waals surface area contributed by atoms with E-state index in [1.165, 1.54) is 19.1 Å². The Labute approximate surface area is 190 Å². The quantitative estimate of drug-likeness (QED) is 0.237. The van der Waals surface area contributed by atoms with Gasteiger partial charge in [0.2, 0.25) is 0 Å². The zero-order chi connectivity index (χ0) is 24.1. The van der Waals surface area contributed by atoms with Crippen LogP contribution in [0.1, 0.15) is 46.1 Å². The van der Waals surface area contributed by atoms with Crippen molar-refractivity contribution in [2.24, 2.45) is 0 Å². The van der Waals surface area contributed by atoms with Crippen LogP contribution in [0.5, 0.6) is 0 Å². The minimum absolute atomic E-state index is 0.0117. The maximum Gasteiger partial charge on any atom is 0.410 e. The number of benzene rings is 1. The molecule has 1 aromatic carbocycles. The molecule has 2 rings (SSSR count). The third-order valence-electron chi connectivity index (χ3n) is 6.14. The molecule has 0 bridgehead atoms. The lowest BCUT2D eigenvalue weighted by atomic mass is 10.1. The second-order valence-corrected chi connectivity index (χ2v) is 14.4. The van der Waals surface area contributed by atoms with Gasteiger partial charge >= 0.3 is 12.1 Å². The maximum absolute atomic E-state index is 12.9. The Morgan fingerprint density at radius 3 is 2.34 bits per heavy atom. The molecule has 0 saturated carbocycles. The second-order valence-electron chi connectivity index (χ2n) is 9.65. The SMILES string of the molecule is CC(=O)OCC[C@@H]1C[C@@H](O[Si](C)(C)C(C)(C)C)CN1C(=O)OCc1ccc([N+](=O)[O-])cc1. The monoisotopic (exact) mass is 466 g/mol. The number of hydrogen-bond donors (Lipinski definition) is 0. The molecule has 32 heavy (non-hydrogen) atoms. The van der Waals surface area contributed by atoms with Gasteiger partial charge in [0.25, 0.3) is 5.69 Å². The number of carbonyl (C=O) groups excluding carboxylic acids is 2. The highest BCUT2D eigenvalue weighted by Crippen LogP contribution is 2.39. The Morgan fingerprint density at radius 2 is 1.81 bits per heavy atom. The highest BCUT2D eigenvalue weighted by Gasteiger charge is 2.43. The molecule has 0 N–H and O–H groups in total. The molecule has 178 valence electrons. The summed E-state index contributed by atoms with van der Waals surface area (Å²) in [6.45, 7) is 12.9. The molecular weight excluding hydrogens is 432 g/mol. The Bertz CT molecular complexity index is 821. The largest absolute Gasteiger partial charge is 0.466 e. The average Bonchev–Trinajstić information content (AvgIpc) is 3.07. The van der Waals surface area contributed by atoms with Crippen LogP contribution in [0, 0.1) is 10.1 Å². The lowest BCUT2D eigenvalue weighted by molar-refractivity contribution is -0.384. The van der Waals surface area contributed by atoms with Gasteiger partial charge in [0.15, 0.2) is 8.32 Å². The average molecular weight is 467 g/mol. The van der Waals surface area contributed by atoms with E-state index in [1.54, 1.807) is 17.0 Å². The number of non-ortho nitro benzene ring substituents is 1. The summed E-state index contributed by atoms with van der Waals surface area (Å²) in [5.74, 6) is -0.357. The first-order valence-corrected chi connectivity index (χ1v) is 13.7. The molecule has 2 atom stereocenters. The van der Waals surface area contributed by atoms with Crippen LogP contribution in [-0.2, 0) is 25.3 Å². The van der Waals surface area contributed by atoms with Gasteiger partial charge in [-0.15, -0.1) is 0 Å². The summed E-state index contributed by atoms with van der Waals surface area (Å²) in [4.78, 5) is 35.9. The summed E-state index contributed by atoms with van der Waals surface area (Å²) in [5.41, 5.74) is 0.643. The molecule has 1 saturated heterocycles. The number of nitro benzene ring substituents is 1. The van der Waals surface area contributed by atoms with Gasteiger partial charge in [-0.1, -0.05) is 20.8 Å². The van der Waals surface area contributed by atoms with Crippen LogP contribution in [-0.4, -0.2) is 55.5 Å². The van der Waals surface area contributed by atoms with Crippen LogP contribution in [0.2, 0.25) is 18.1 Å². The van der Waals surface area contributed by atoms with Crippen LogP contribution >= 0.6 is 0 Å². The maximum atomic E-state index is 12.9. The normalized spacial score (nSPS) is 19.0. The zero-order valence-electron chi connectivity index (χ0n) is 19.8. The number of esters is 1. The van der Waals surface area contributed by atoms with E-state index in [-0.39, 0.29) is 42.1 Å². The molecule has 1 aliphatic heterocycles. The van der Waals surface area contributed by atoms with Crippen LogP contribution in [0.15, 0.2) is 24.3 Å². The molecule has 0 aliphatic carbocycles. The summed E-state index contributed by atoms with van der Waals surface area (Å²) >= 11 is 0. The van der Waals surface area contributed by atoms with Crippen molar-refractivity contribution in [2.45, 2.75) is 77.4 Å². The molecule has 1 amide bonds. The first-order chi connectivity index (χ1) is 14.8. The molecule has 9 nitrogen and oxygen atoms in total. The lowest BCUT2D eigenvalue weighted by Gasteiger charge is -2.38. The van der Waals surface area contributed by atoms with E-state index in [4.69, 9.17) is 13.9 Å². The van der Waals surface area contributed by atoms with Crippen molar-refractivity contribution < 1.29 is 28.4 Å². The molecule has 0 spiro atoms. The van der Waals surface area contributed by atoms with Crippen molar-refractivity contribution in [2.75, 3.05) is 13.2 Å². The molecule has 0 aromatic heterocycles. The predicted octanol–water partition coefficient (Wildman–Crippen LogP) is 4.65. The van der Waals surface area contributed by atoms with Crippen LogP contribution in [0.25, 0.3) is 0 Å². The Morgan fingerprint density at radius 1 is 1.19 bits per heavy atom. The van der Waals surface area contributed by atoms with E-state index >= 15 is 0 Å². The van der Waals surface area contributed by atoms with Gasteiger partial charge in [-0.2, -0.15) is 0 Å². The third kappa shape index (κ3) is 7.03. The van der Waals surface area contributed by atoms with Gasteiger partial charge < -0.3 is 18.8 Å². The van der Waals surface area contributed by atoms with Crippen molar-refractivity contribution in [3.63, 3.8) is 0 Å². The molecule has 1 aromatic rings. The number of rotatable bonds is 8. The molecule has 1 fully saturated rings. The number of ether oxygens (including phenoxy) is 2. The molecule has 1 heterocycles. The van der Waals surface area contributed by atoms with E-state index < -0.39 is 19.3 Å². The molecular formula is C22H34N2O7Si. The van der Waals surface area contributed by atoms with Crippen molar-refractivity contribution in [3.8, 4) is 0 Å². The van der Waals surface area contributed by atoms with Gasteiger partial charge in [0, 0.05) is 38.1 Å². The number of nitro groups is 1. The highest BCUT2D eigenvalue weighted by molar-refractivity contribution is 6.74. The third-order valence-corrected chi connectivity index (χ3v) is 10.7. The number of carbonyl (C=O) groups is 2. The fourth-order valence-corrected chi connectivity index (χ4v) is 4.69. The number of nitrogens with zero attached hydrogens (tertiary/aromatic N) is 2. The van der Waals surface area contributed by atoms with Gasteiger partial charge in [-0.25, -0.2) is 4.79 Å². The van der Waals surface area contributed by atoms with Gasteiger partial charge in [-0.3, -0.25) is 14.9 Å². The smallest absolute Gasteiger partial charge is 0.410 e. The standard InChI is InChI=1S/C22H34N2O7Si/c1-16(25)29-12-11-19-13-20(31-32(5,6)22(2,3)4)14-23(19)21(26)30-15-17-7-9-18(10-8-17)24(27)28/h7-10,19-20H,11-15H2,1-6H3/t19-,20-/m1/s1. The number of likely N-dealkylation sites (tertiary alicyclic amines) is 1. The van der Waals surface area contributed by atoms with Crippen molar-refractivity contribution in [3.05, 3.63) is 39.9 Å². The van der Waals surface area contributed by atoms with Gasteiger partial charge in [0.1, 0.15) is 6.61 Å². The van der Waals surface area contributed by atoms with E-state index in [0.717, 1.165) is 0 Å². The highest BCUT2D eigenvalue weighted by atomic mass is 28.4. The lowest BCUT2D eigenvalue weighted by Crippen LogP contribution is -2.44. The van der Waals surface area contributed by atoms with Crippen LogP contribution in [0.3, 0.4) is 0 Å². The molecule has 0 unspecified atom stereocenters. The summed E-state index contributed by atoms with van der Waals surface area (Å²) in [6.07, 6.45) is 0.576. The summed E-state index contributed by atoms with van der Waals surface area (Å²) in [6, 6.07) is 5.73. The minimum Gasteiger partial charge on any atom is -0.466 e. The summed E-state index contributed by atoms with van der Waals surface area (Å²) in [5, 5.41) is 10.8. The van der Waals surface area contributed by atoms with Crippen molar-refractivity contribution in [1.29, 1.82) is 0 Å². The van der Waals surface area contributed by atoms with E-state index in [0.29, 0.717) is 24.9 Å². The first kappa shape index (κ1) is 25.8. The topological polar surface area (TPSA) is 108 Å². The first-order valence-electron chi connectivity index (χ1n) is 10.8. The predicted molar refractivity (Wildman–Crippen MR) is 122 cm³/mol. The fraction of sp³-hybridized carbons (Fsp3) is 0.636. The van der Waals surface area contributed by atoms with Crippen LogP contribution in [0.4, 0.5) is 10.5 Å². The molecule has 0 radical (unpaired) electrons. The Kier molecular flexibility index (Phi) is 8.41. The second kappa shape index (κ2) is 10.4.